The van der Waals surface area contributed by atoms with Gasteiger partial charge in [0.25, 0.3) is 0 Å². The molecule has 186 valence electrons. The number of benzene rings is 3. The summed E-state index contributed by atoms with van der Waals surface area (Å²) in [6.07, 6.45) is 0.948. The minimum atomic E-state index is -0.728. The average molecular weight is 513 g/mol. The van der Waals surface area contributed by atoms with E-state index in [-0.39, 0.29) is 13.4 Å². The fourth-order valence-electron chi connectivity index (χ4n) is 4.33. The molecule has 5 rings (SSSR count). The standard InChI is InChI=1S/C28H24N3O5P/c29-14-18-4-8-20(9-5-18)26-25(27(32)34-15-19-2-1-3-21(37)12-19)22(30-28(33)31-26)10-6-17-7-11-23-24(13-17)36-16-35-23/h1-5,7-9,11-13,26H,6,10,15-16,37H2,(H2,30,31,33). The zero-order valence-electron chi connectivity index (χ0n) is 19.8. The number of ether oxygens (including phenoxy) is 3. The molecule has 0 radical (unpaired) electrons. The Labute approximate surface area is 216 Å². The summed E-state index contributed by atoms with van der Waals surface area (Å²) in [6.45, 7) is 0.279. The van der Waals surface area contributed by atoms with E-state index in [0.29, 0.717) is 46.7 Å². The number of nitrogens with zero attached hydrogens (tertiary/aromatic N) is 1. The van der Waals surface area contributed by atoms with E-state index in [1.54, 1.807) is 24.3 Å². The molecule has 8 nitrogen and oxygen atoms in total. The van der Waals surface area contributed by atoms with Crippen LogP contribution in [0.1, 0.15) is 34.7 Å². The number of esters is 1. The molecule has 0 aromatic heterocycles. The Morgan fingerprint density at radius 2 is 1.84 bits per heavy atom. The average Bonchev–Trinajstić information content (AvgIpc) is 3.38. The van der Waals surface area contributed by atoms with Gasteiger partial charge >= 0.3 is 12.0 Å². The van der Waals surface area contributed by atoms with Crippen molar-refractivity contribution in [3.8, 4) is 17.6 Å². The number of aryl methyl sites for hydroxylation is 1. The summed E-state index contributed by atoms with van der Waals surface area (Å²) >= 11 is 0. The van der Waals surface area contributed by atoms with Gasteiger partial charge in [0.05, 0.1) is 23.2 Å². The van der Waals surface area contributed by atoms with Crippen LogP contribution in [0.4, 0.5) is 4.79 Å². The van der Waals surface area contributed by atoms with Crippen LogP contribution in [-0.2, 0) is 22.6 Å². The van der Waals surface area contributed by atoms with Gasteiger partial charge in [0.2, 0.25) is 6.79 Å². The Morgan fingerprint density at radius 3 is 2.62 bits per heavy atom. The maximum Gasteiger partial charge on any atom is 0.338 e. The number of fused-ring (bicyclic) bond motifs is 1. The molecule has 0 fully saturated rings. The van der Waals surface area contributed by atoms with E-state index in [4.69, 9.17) is 19.5 Å². The number of hydrogen-bond acceptors (Lipinski definition) is 6. The number of carbonyl (C=O) groups is 2. The van der Waals surface area contributed by atoms with E-state index >= 15 is 0 Å². The minimum Gasteiger partial charge on any atom is -0.457 e. The summed E-state index contributed by atoms with van der Waals surface area (Å²) in [5.74, 6) is 0.835. The fourth-order valence-corrected chi connectivity index (χ4v) is 4.66. The maximum absolute atomic E-state index is 13.5. The Kier molecular flexibility index (Phi) is 7.07. The molecule has 2 N–H and O–H groups in total. The summed E-state index contributed by atoms with van der Waals surface area (Å²) < 4.78 is 16.6. The maximum atomic E-state index is 13.5. The first-order chi connectivity index (χ1) is 18.0. The number of nitriles is 1. The smallest absolute Gasteiger partial charge is 0.338 e. The molecular formula is C28H24N3O5P. The second-order valence-corrected chi connectivity index (χ2v) is 9.33. The van der Waals surface area contributed by atoms with Crippen molar-refractivity contribution >= 4 is 26.5 Å². The van der Waals surface area contributed by atoms with E-state index in [2.05, 4.69) is 25.9 Å². The number of rotatable bonds is 7. The van der Waals surface area contributed by atoms with Crippen molar-refractivity contribution in [3.63, 3.8) is 0 Å². The molecule has 0 spiro atoms. The third kappa shape index (κ3) is 5.58. The molecule has 3 aromatic carbocycles. The highest BCUT2D eigenvalue weighted by Crippen LogP contribution is 2.34. The third-order valence-electron chi connectivity index (χ3n) is 6.17. The van der Waals surface area contributed by atoms with Gasteiger partial charge in [-0.05, 0) is 65.2 Å². The van der Waals surface area contributed by atoms with Gasteiger partial charge in [0, 0.05) is 5.70 Å². The molecule has 2 heterocycles. The van der Waals surface area contributed by atoms with E-state index < -0.39 is 18.0 Å². The Morgan fingerprint density at radius 1 is 1.03 bits per heavy atom. The first-order valence-electron chi connectivity index (χ1n) is 11.7. The number of hydrogen-bond donors (Lipinski definition) is 2. The first kappa shape index (κ1) is 24.4. The zero-order chi connectivity index (χ0) is 25.8. The van der Waals surface area contributed by atoms with Crippen LogP contribution in [0.15, 0.2) is 78.0 Å². The van der Waals surface area contributed by atoms with Gasteiger partial charge < -0.3 is 24.8 Å². The van der Waals surface area contributed by atoms with Gasteiger partial charge in [-0.2, -0.15) is 5.26 Å². The molecule has 9 heteroatoms. The Balaban J connectivity index is 1.44. The predicted molar refractivity (Wildman–Crippen MR) is 139 cm³/mol. The van der Waals surface area contributed by atoms with Crippen LogP contribution in [0.2, 0.25) is 0 Å². The highest BCUT2D eigenvalue weighted by Gasteiger charge is 2.33. The lowest BCUT2D eigenvalue weighted by Gasteiger charge is -2.29. The van der Waals surface area contributed by atoms with Crippen molar-refractivity contribution in [3.05, 3.63) is 100 Å². The highest BCUT2D eigenvalue weighted by molar-refractivity contribution is 7.27. The number of urea groups is 1. The van der Waals surface area contributed by atoms with Crippen molar-refractivity contribution in [2.75, 3.05) is 6.79 Å². The second-order valence-electron chi connectivity index (χ2n) is 8.67. The third-order valence-corrected chi connectivity index (χ3v) is 6.53. The van der Waals surface area contributed by atoms with Crippen molar-refractivity contribution in [1.82, 2.24) is 10.6 Å². The SMILES string of the molecule is N#Cc1ccc(C2NC(=O)NC(CCc3ccc4c(c3)OCO4)=C2C(=O)OCc2cccc(P)c2)cc1. The molecule has 0 aliphatic carbocycles. The number of allylic oxidation sites excluding steroid dienone is 1. The largest absolute Gasteiger partial charge is 0.457 e. The van der Waals surface area contributed by atoms with Crippen LogP contribution in [0.3, 0.4) is 0 Å². The molecule has 0 saturated carbocycles. The van der Waals surface area contributed by atoms with E-state index in [1.165, 1.54) is 0 Å². The van der Waals surface area contributed by atoms with E-state index in [0.717, 1.165) is 16.4 Å². The monoisotopic (exact) mass is 513 g/mol. The normalized spacial score (nSPS) is 16.0. The minimum absolute atomic E-state index is 0.0913. The van der Waals surface area contributed by atoms with Crippen LogP contribution < -0.4 is 25.4 Å². The lowest BCUT2D eigenvalue weighted by atomic mass is 9.92. The van der Waals surface area contributed by atoms with Gasteiger partial charge in [-0.3, -0.25) is 0 Å². The zero-order valence-corrected chi connectivity index (χ0v) is 21.0. The van der Waals surface area contributed by atoms with Crippen LogP contribution in [0.5, 0.6) is 11.5 Å². The van der Waals surface area contributed by atoms with Gasteiger partial charge in [-0.25, -0.2) is 9.59 Å². The molecule has 2 amide bonds. The van der Waals surface area contributed by atoms with Gasteiger partial charge in [-0.1, -0.05) is 36.4 Å². The summed E-state index contributed by atoms with van der Waals surface area (Å²) in [5, 5.41) is 15.8. The second kappa shape index (κ2) is 10.7. The summed E-state index contributed by atoms with van der Waals surface area (Å²) in [5.41, 5.74) is 3.80. The molecule has 3 aromatic rings. The van der Waals surface area contributed by atoms with E-state index in [9.17, 15) is 9.59 Å². The predicted octanol–water partition coefficient (Wildman–Crippen LogP) is 3.77. The van der Waals surface area contributed by atoms with Crippen molar-refractivity contribution in [1.29, 1.82) is 5.26 Å². The van der Waals surface area contributed by atoms with Gasteiger partial charge in [0.15, 0.2) is 11.5 Å². The lowest BCUT2D eigenvalue weighted by Crippen LogP contribution is -2.46. The fraction of sp³-hybridized carbons (Fsp3) is 0.179. The van der Waals surface area contributed by atoms with Crippen LogP contribution in [0, 0.1) is 11.3 Å². The molecule has 2 unspecified atom stereocenters. The summed E-state index contributed by atoms with van der Waals surface area (Å²) in [6, 6.07) is 21.0. The molecule has 2 atom stereocenters. The highest BCUT2D eigenvalue weighted by atomic mass is 31.0. The number of amides is 2. The van der Waals surface area contributed by atoms with Gasteiger partial charge in [-0.15, -0.1) is 9.24 Å². The van der Waals surface area contributed by atoms with Crippen LogP contribution in [0.25, 0.3) is 0 Å². The van der Waals surface area contributed by atoms with Gasteiger partial charge in [0.1, 0.15) is 6.61 Å². The molecular weight excluding hydrogens is 489 g/mol. The Bertz CT molecular complexity index is 1430. The molecule has 37 heavy (non-hydrogen) atoms. The molecule has 2 aliphatic heterocycles. The number of carbonyl (C=O) groups excluding carboxylic acids is 2. The van der Waals surface area contributed by atoms with Crippen molar-refractivity contribution < 1.29 is 23.8 Å². The lowest BCUT2D eigenvalue weighted by molar-refractivity contribution is -0.140. The number of nitrogens with one attached hydrogen (secondary N) is 2. The van der Waals surface area contributed by atoms with Crippen LogP contribution >= 0.6 is 9.24 Å². The quantitative estimate of drug-likeness (QED) is 0.368. The first-order valence-corrected chi connectivity index (χ1v) is 12.3. The molecule has 2 aliphatic rings. The van der Waals surface area contributed by atoms with E-state index in [1.807, 2.05) is 42.5 Å². The Hall–Kier alpha value is -4.34. The summed E-state index contributed by atoms with van der Waals surface area (Å²) in [4.78, 5) is 26.1. The topological polar surface area (TPSA) is 110 Å². The molecule has 0 bridgehead atoms. The van der Waals surface area contributed by atoms with Crippen LogP contribution in [-0.4, -0.2) is 18.8 Å². The van der Waals surface area contributed by atoms with Crippen molar-refractivity contribution in [2.45, 2.75) is 25.5 Å². The van der Waals surface area contributed by atoms with Crippen molar-refractivity contribution in [2.24, 2.45) is 0 Å². The molecule has 0 saturated heterocycles. The summed E-state index contributed by atoms with van der Waals surface area (Å²) in [7, 11) is 2.62.